The molecular weight excluding hydrogens is 372 g/mol. The molecule has 0 radical (unpaired) electrons. The van der Waals surface area contributed by atoms with Gasteiger partial charge in [0.25, 0.3) is 0 Å². The number of benzene rings is 1. The third-order valence-corrected chi connectivity index (χ3v) is 5.29. The van der Waals surface area contributed by atoms with Gasteiger partial charge in [0, 0.05) is 33.8 Å². The van der Waals surface area contributed by atoms with Crippen LogP contribution in [0.2, 0.25) is 0 Å². The molecule has 0 aromatic heterocycles. The number of piperidine rings is 1. The zero-order chi connectivity index (χ0) is 21.1. The molecule has 1 aromatic rings. The largest absolute Gasteiger partial charge is 0.493 e. The molecule has 164 valence electrons. The van der Waals surface area contributed by atoms with Crippen molar-refractivity contribution in [2.24, 2.45) is 10.9 Å². The third kappa shape index (κ3) is 6.97. The molecule has 2 rings (SSSR count). The van der Waals surface area contributed by atoms with E-state index in [1.807, 2.05) is 12.1 Å². The Labute approximate surface area is 174 Å². The molecular formula is C21H36N4O4. The van der Waals surface area contributed by atoms with Crippen molar-refractivity contribution in [3.8, 4) is 17.2 Å². The van der Waals surface area contributed by atoms with Crippen molar-refractivity contribution >= 4 is 5.96 Å². The minimum Gasteiger partial charge on any atom is -0.493 e. The minimum atomic E-state index is 0.595. The SMILES string of the molecule is CN=C(NCc1cc(OC)c(OC)c(OC)c1)NCC1CCN(CCOC)CC1. The average Bonchev–Trinajstić information content (AvgIpc) is 2.77. The lowest BCUT2D eigenvalue weighted by Crippen LogP contribution is -2.43. The van der Waals surface area contributed by atoms with E-state index in [1.165, 1.54) is 12.8 Å². The van der Waals surface area contributed by atoms with E-state index in [0.29, 0.717) is 29.7 Å². The average molecular weight is 409 g/mol. The number of rotatable bonds is 10. The topological polar surface area (TPSA) is 76.6 Å². The first-order valence-corrected chi connectivity index (χ1v) is 10.1. The van der Waals surface area contributed by atoms with Crippen LogP contribution in [-0.2, 0) is 11.3 Å². The van der Waals surface area contributed by atoms with Gasteiger partial charge in [-0.3, -0.25) is 4.99 Å². The molecule has 1 aliphatic rings. The molecule has 1 fully saturated rings. The van der Waals surface area contributed by atoms with Crippen molar-refractivity contribution in [1.82, 2.24) is 15.5 Å². The lowest BCUT2D eigenvalue weighted by molar-refractivity contribution is 0.121. The number of methoxy groups -OCH3 is 4. The quantitative estimate of drug-likeness (QED) is 0.451. The van der Waals surface area contributed by atoms with Gasteiger partial charge >= 0.3 is 0 Å². The summed E-state index contributed by atoms with van der Waals surface area (Å²) in [5.41, 5.74) is 1.02. The smallest absolute Gasteiger partial charge is 0.203 e. The Morgan fingerprint density at radius 3 is 2.21 bits per heavy atom. The van der Waals surface area contributed by atoms with Crippen molar-refractivity contribution in [1.29, 1.82) is 0 Å². The monoisotopic (exact) mass is 408 g/mol. The van der Waals surface area contributed by atoms with Gasteiger partial charge in [-0.15, -0.1) is 0 Å². The zero-order valence-corrected chi connectivity index (χ0v) is 18.4. The van der Waals surface area contributed by atoms with E-state index < -0.39 is 0 Å². The highest BCUT2D eigenvalue weighted by Gasteiger charge is 2.19. The second-order valence-corrected chi connectivity index (χ2v) is 7.12. The van der Waals surface area contributed by atoms with E-state index >= 15 is 0 Å². The van der Waals surface area contributed by atoms with Gasteiger partial charge in [0.15, 0.2) is 17.5 Å². The fourth-order valence-corrected chi connectivity index (χ4v) is 3.52. The molecule has 0 unspecified atom stereocenters. The van der Waals surface area contributed by atoms with E-state index in [0.717, 1.165) is 44.3 Å². The van der Waals surface area contributed by atoms with Gasteiger partial charge in [0.1, 0.15) is 0 Å². The molecule has 8 nitrogen and oxygen atoms in total. The Balaban J connectivity index is 1.82. The lowest BCUT2D eigenvalue weighted by atomic mass is 9.97. The number of ether oxygens (including phenoxy) is 4. The van der Waals surface area contributed by atoms with Crippen molar-refractivity contribution in [3.05, 3.63) is 17.7 Å². The summed E-state index contributed by atoms with van der Waals surface area (Å²) in [6, 6.07) is 3.88. The lowest BCUT2D eigenvalue weighted by Gasteiger charge is -2.32. The Bertz CT molecular complexity index is 621. The summed E-state index contributed by atoms with van der Waals surface area (Å²) in [6.45, 7) is 5.62. The fourth-order valence-electron chi connectivity index (χ4n) is 3.52. The summed E-state index contributed by atoms with van der Waals surface area (Å²) < 4.78 is 21.4. The Hall–Kier alpha value is -2.19. The van der Waals surface area contributed by atoms with E-state index in [1.54, 1.807) is 35.5 Å². The highest BCUT2D eigenvalue weighted by atomic mass is 16.5. The van der Waals surface area contributed by atoms with Crippen LogP contribution in [0.15, 0.2) is 17.1 Å². The summed E-state index contributed by atoms with van der Waals surface area (Å²) in [7, 11) is 8.39. The van der Waals surface area contributed by atoms with Gasteiger partial charge in [-0.1, -0.05) is 0 Å². The third-order valence-electron chi connectivity index (χ3n) is 5.29. The first kappa shape index (κ1) is 23.1. The number of likely N-dealkylation sites (tertiary alicyclic amines) is 1. The number of nitrogens with one attached hydrogen (secondary N) is 2. The predicted octanol–water partition coefficient (Wildman–Crippen LogP) is 1.74. The van der Waals surface area contributed by atoms with Crippen LogP contribution in [0, 0.1) is 5.92 Å². The summed E-state index contributed by atoms with van der Waals surface area (Å²) in [5, 5.41) is 6.82. The van der Waals surface area contributed by atoms with E-state index in [4.69, 9.17) is 18.9 Å². The van der Waals surface area contributed by atoms with Crippen LogP contribution in [0.4, 0.5) is 0 Å². The maximum Gasteiger partial charge on any atom is 0.203 e. The van der Waals surface area contributed by atoms with Crippen LogP contribution in [0.5, 0.6) is 17.2 Å². The molecule has 1 aliphatic heterocycles. The van der Waals surface area contributed by atoms with Gasteiger partial charge < -0.3 is 34.5 Å². The van der Waals surface area contributed by atoms with E-state index in [9.17, 15) is 0 Å². The van der Waals surface area contributed by atoms with Gasteiger partial charge in [0.2, 0.25) is 5.75 Å². The fraction of sp³-hybridized carbons (Fsp3) is 0.667. The van der Waals surface area contributed by atoms with Crippen molar-refractivity contribution in [2.75, 3.05) is 68.3 Å². The Morgan fingerprint density at radius 2 is 1.69 bits per heavy atom. The molecule has 0 atom stereocenters. The van der Waals surface area contributed by atoms with Gasteiger partial charge in [0.05, 0.1) is 27.9 Å². The van der Waals surface area contributed by atoms with Crippen LogP contribution in [-0.4, -0.2) is 79.1 Å². The van der Waals surface area contributed by atoms with Gasteiger partial charge in [-0.05, 0) is 49.5 Å². The first-order chi connectivity index (χ1) is 14.1. The number of nitrogens with zero attached hydrogens (tertiary/aromatic N) is 2. The second kappa shape index (κ2) is 12.4. The van der Waals surface area contributed by atoms with Gasteiger partial charge in [-0.2, -0.15) is 0 Å². The van der Waals surface area contributed by atoms with Gasteiger partial charge in [-0.25, -0.2) is 0 Å². The van der Waals surface area contributed by atoms with Crippen LogP contribution < -0.4 is 24.8 Å². The maximum absolute atomic E-state index is 5.42. The zero-order valence-electron chi connectivity index (χ0n) is 18.4. The highest BCUT2D eigenvalue weighted by Crippen LogP contribution is 2.38. The molecule has 8 heteroatoms. The van der Waals surface area contributed by atoms with E-state index in [-0.39, 0.29) is 0 Å². The molecule has 0 spiro atoms. The first-order valence-electron chi connectivity index (χ1n) is 10.1. The maximum atomic E-state index is 5.42. The molecule has 0 bridgehead atoms. The number of hydrogen-bond acceptors (Lipinski definition) is 6. The van der Waals surface area contributed by atoms with Crippen molar-refractivity contribution < 1.29 is 18.9 Å². The summed E-state index contributed by atoms with van der Waals surface area (Å²) in [6.07, 6.45) is 2.39. The Kier molecular flexibility index (Phi) is 9.87. The van der Waals surface area contributed by atoms with Crippen LogP contribution >= 0.6 is 0 Å². The molecule has 1 aromatic carbocycles. The number of hydrogen-bond donors (Lipinski definition) is 2. The van der Waals surface area contributed by atoms with Crippen molar-refractivity contribution in [3.63, 3.8) is 0 Å². The molecule has 1 heterocycles. The van der Waals surface area contributed by atoms with E-state index in [2.05, 4.69) is 20.5 Å². The van der Waals surface area contributed by atoms with Crippen LogP contribution in [0.1, 0.15) is 18.4 Å². The molecule has 0 amide bonds. The standard InChI is InChI=1S/C21H36N4O4/c1-22-21(23-14-16-6-8-25(9-7-16)10-11-26-2)24-15-17-12-18(27-3)20(29-5)19(13-17)28-4/h12-13,16H,6-11,14-15H2,1-5H3,(H2,22,23,24). The molecule has 2 N–H and O–H groups in total. The summed E-state index contributed by atoms with van der Waals surface area (Å²) in [4.78, 5) is 6.81. The molecule has 1 saturated heterocycles. The van der Waals surface area contributed by atoms with Crippen LogP contribution in [0.25, 0.3) is 0 Å². The van der Waals surface area contributed by atoms with Crippen LogP contribution in [0.3, 0.4) is 0 Å². The molecule has 0 aliphatic carbocycles. The number of aliphatic imine (C=N–C) groups is 1. The molecule has 29 heavy (non-hydrogen) atoms. The number of guanidine groups is 1. The second-order valence-electron chi connectivity index (χ2n) is 7.12. The summed E-state index contributed by atoms with van der Waals surface area (Å²) >= 11 is 0. The Morgan fingerprint density at radius 1 is 1.03 bits per heavy atom. The predicted molar refractivity (Wildman–Crippen MR) is 115 cm³/mol. The minimum absolute atomic E-state index is 0.595. The van der Waals surface area contributed by atoms with Crippen molar-refractivity contribution in [2.45, 2.75) is 19.4 Å². The highest BCUT2D eigenvalue weighted by molar-refractivity contribution is 5.79. The molecule has 0 saturated carbocycles. The normalized spacial score (nSPS) is 15.8. The summed E-state index contributed by atoms with van der Waals surface area (Å²) in [5.74, 6) is 3.34.